The van der Waals surface area contributed by atoms with Crippen LogP contribution in [0.1, 0.15) is 45.7 Å². The van der Waals surface area contributed by atoms with Gasteiger partial charge in [0.25, 0.3) is 0 Å². The Kier molecular flexibility index (Phi) is 5.83. The molecule has 0 radical (unpaired) electrons. The Balaban J connectivity index is 2.33. The fraction of sp³-hybridized carbons (Fsp3) is 0.692. The van der Waals surface area contributed by atoms with Crippen LogP contribution in [0, 0.1) is 5.92 Å². The highest BCUT2D eigenvalue weighted by molar-refractivity contribution is 4.94. The summed E-state index contributed by atoms with van der Waals surface area (Å²) in [5, 5.41) is 8.12. The van der Waals surface area contributed by atoms with Gasteiger partial charge >= 0.3 is 0 Å². The SMILES string of the molecule is C/C=C\CCCCn1nncc1CC(C)C. The molecule has 0 saturated heterocycles. The minimum Gasteiger partial charge on any atom is -0.249 e. The largest absolute Gasteiger partial charge is 0.249 e. The van der Waals surface area contributed by atoms with Crippen molar-refractivity contribution in [3.05, 3.63) is 24.0 Å². The Morgan fingerprint density at radius 3 is 2.88 bits per heavy atom. The van der Waals surface area contributed by atoms with Crippen LogP contribution in [0.4, 0.5) is 0 Å². The number of rotatable bonds is 7. The molecule has 0 amide bonds. The average molecular weight is 221 g/mol. The Labute approximate surface area is 98.6 Å². The third-order valence-corrected chi connectivity index (χ3v) is 2.54. The Hall–Kier alpha value is -1.12. The predicted molar refractivity (Wildman–Crippen MR) is 67.2 cm³/mol. The second kappa shape index (κ2) is 7.20. The summed E-state index contributed by atoms with van der Waals surface area (Å²) in [5.41, 5.74) is 1.26. The van der Waals surface area contributed by atoms with Crippen LogP contribution in [0.2, 0.25) is 0 Å². The summed E-state index contributed by atoms with van der Waals surface area (Å²) >= 11 is 0. The van der Waals surface area contributed by atoms with E-state index in [0.29, 0.717) is 5.92 Å². The van der Waals surface area contributed by atoms with Crippen molar-refractivity contribution in [1.29, 1.82) is 0 Å². The van der Waals surface area contributed by atoms with E-state index in [1.54, 1.807) is 0 Å². The second-order valence-electron chi connectivity index (χ2n) is 4.61. The number of nitrogens with zero attached hydrogens (tertiary/aromatic N) is 3. The molecule has 0 aliphatic carbocycles. The van der Waals surface area contributed by atoms with Gasteiger partial charge in [0.2, 0.25) is 0 Å². The van der Waals surface area contributed by atoms with Crippen LogP contribution in [0.25, 0.3) is 0 Å². The summed E-state index contributed by atoms with van der Waals surface area (Å²) in [4.78, 5) is 0. The molecule has 0 aliphatic rings. The summed E-state index contributed by atoms with van der Waals surface area (Å²) in [7, 11) is 0. The number of hydrogen-bond donors (Lipinski definition) is 0. The molecular formula is C13H23N3. The first kappa shape index (κ1) is 12.9. The van der Waals surface area contributed by atoms with Gasteiger partial charge in [-0.3, -0.25) is 0 Å². The highest BCUT2D eigenvalue weighted by Gasteiger charge is 2.05. The first-order valence-corrected chi connectivity index (χ1v) is 6.22. The molecule has 0 aromatic carbocycles. The number of aromatic nitrogens is 3. The number of allylic oxidation sites excluding steroid dienone is 2. The van der Waals surface area contributed by atoms with Crippen LogP contribution >= 0.6 is 0 Å². The van der Waals surface area contributed by atoms with E-state index >= 15 is 0 Å². The molecule has 3 heteroatoms. The van der Waals surface area contributed by atoms with Crippen molar-refractivity contribution in [2.75, 3.05) is 0 Å². The molecule has 1 rings (SSSR count). The zero-order valence-corrected chi connectivity index (χ0v) is 10.7. The summed E-state index contributed by atoms with van der Waals surface area (Å²) in [6.07, 6.45) is 10.9. The molecule has 0 atom stereocenters. The van der Waals surface area contributed by atoms with Gasteiger partial charge in [-0.2, -0.15) is 0 Å². The molecule has 1 heterocycles. The van der Waals surface area contributed by atoms with E-state index in [4.69, 9.17) is 0 Å². The normalized spacial score (nSPS) is 11.8. The van der Waals surface area contributed by atoms with Crippen LogP contribution in [0.15, 0.2) is 18.3 Å². The molecule has 1 aromatic rings. The molecule has 0 N–H and O–H groups in total. The first-order chi connectivity index (χ1) is 7.74. The third-order valence-electron chi connectivity index (χ3n) is 2.54. The third kappa shape index (κ3) is 4.60. The Morgan fingerprint density at radius 1 is 1.38 bits per heavy atom. The van der Waals surface area contributed by atoms with Gasteiger partial charge in [-0.05, 0) is 38.5 Å². The first-order valence-electron chi connectivity index (χ1n) is 6.22. The summed E-state index contributed by atoms with van der Waals surface area (Å²) in [5.74, 6) is 0.667. The molecular weight excluding hydrogens is 198 g/mol. The van der Waals surface area contributed by atoms with Crippen molar-refractivity contribution in [2.24, 2.45) is 5.92 Å². The molecule has 0 saturated carbocycles. The van der Waals surface area contributed by atoms with Crippen molar-refractivity contribution in [1.82, 2.24) is 15.0 Å². The molecule has 1 aromatic heterocycles. The summed E-state index contributed by atoms with van der Waals surface area (Å²) < 4.78 is 2.05. The van der Waals surface area contributed by atoms with E-state index in [1.165, 1.54) is 25.0 Å². The standard InChI is InChI=1S/C13H23N3/c1-4-5-6-7-8-9-16-13(10-12(2)3)11-14-15-16/h4-5,11-12H,6-10H2,1-3H3/b5-4-. The summed E-state index contributed by atoms with van der Waals surface area (Å²) in [6.45, 7) is 7.52. The van der Waals surface area contributed by atoms with Gasteiger partial charge < -0.3 is 0 Å². The minimum absolute atomic E-state index is 0.667. The lowest BCUT2D eigenvalue weighted by molar-refractivity contribution is 0.505. The van der Waals surface area contributed by atoms with E-state index in [9.17, 15) is 0 Å². The van der Waals surface area contributed by atoms with Crippen molar-refractivity contribution >= 4 is 0 Å². The zero-order chi connectivity index (χ0) is 11.8. The highest BCUT2D eigenvalue weighted by Crippen LogP contribution is 2.07. The Morgan fingerprint density at radius 2 is 2.19 bits per heavy atom. The molecule has 0 aliphatic heterocycles. The quantitative estimate of drug-likeness (QED) is 0.523. The van der Waals surface area contributed by atoms with Gasteiger partial charge in [-0.25, -0.2) is 4.68 Å². The number of aryl methyl sites for hydroxylation is 1. The van der Waals surface area contributed by atoms with Crippen LogP contribution in [-0.2, 0) is 13.0 Å². The van der Waals surface area contributed by atoms with Gasteiger partial charge in [0.15, 0.2) is 0 Å². The zero-order valence-electron chi connectivity index (χ0n) is 10.7. The molecule has 0 unspecified atom stereocenters. The molecule has 0 spiro atoms. The maximum atomic E-state index is 4.14. The summed E-state index contributed by atoms with van der Waals surface area (Å²) in [6, 6.07) is 0. The second-order valence-corrected chi connectivity index (χ2v) is 4.61. The van der Waals surface area contributed by atoms with Crippen LogP contribution in [0.5, 0.6) is 0 Å². The minimum atomic E-state index is 0.667. The van der Waals surface area contributed by atoms with E-state index in [2.05, 4.69) is 47.9 Å². The molecule has 16 heavy (non-hydrogen) atoms. The average Bonchev–Trinajstić information content (AvgIpc) is 2.64. The van der Waals surface area contributed by atoms with Crippen molar-refractivity contribution in [2.45, 2.75) is 53.0 Å². The maximum Gasteiger partial charge on any atom is 0.0725 e. The van der Waals surface area contributed by atoms with Crippen LogP contribution < -0.4 is 0 Å². The Bertz CT molecular complexity index is 313. The van der Waals surface area contributed by atoms with E-state index in [0.717, 1.165) is 13.0 Å². The fourth-order valence-electron chi connectivity index (χ4n) is 1.73. The van der Waals surface area contributed by atoms with E-state index < -0.39 is 0 Å². The highest BCUT2D eigenvalue weighted by atomic mass is 15.4. The molecule has 3 nitrogen and oxygen atoms in total. The molecule has 90 valence electrons. The number of hydrogen-bond acceptors (Lipinski definition) is 2. The fourth-order valence-corrected chi connectivity index (χ4v) is 1.73. The monoisotopic (exact) mass is 221 g/mol. The molecule has 0 fully saturated rings. The topological polar surface area (TPSA) is 30.7 Å². The predicted octanol–water partition coefficient (Wildman–Crippen LogP) is 3.22. The van der Waals surface area contributed by atoms with E-state index in [-0.39, 0.29) is 0 Å². The van der Waals surface area contributed by atoms with Crippen molar-refractivity contribution < 1.29 is 0 Å². The maximum absolute atomic E-state index is 4.14. The lowest BCUT2D eigenvalue weighted by Gasteiger charge is -2.07. The van der Waals surface area contributed by atoms with Gasteiger partial charge in [-0.1, -0.05) is 31.2 Å². The van der Waals surface area contributed by atoms with Gasteiger partial charge in [0.1, 0.15) is 0 Å². The van der Waals surface area contributed by atoms with Gasteiger partial charge in [0.05, 0.1) is 11.9 Å². The van der Waals surface area contributed by atoms with Gasteiger partial charge in [-0.15, -0.1) is 5.10 Å². The van der Waals surface area contributed by atoms with Crippen LogP contribution in [-0.4, -0.2) is 15.0 Å². The van der Waals surface area contributed by atoms with Crippen molar-refractivity contribution in [3.8, 4) is 0 Å². The number of unbranched alkanes of at least 4 members (excludes halogenated alkanes) is 2. The van der Waals surface area contributed by atoms with Crippen molar-refractivity contribution in [3.63, 3.8) is 0 Å². The molecule has 0 bridgehead atoms. The van der Waals surface area contributed by atoms with E-state index in [1.807, 2.05) is 6.20 Å². The lowest BCUT2D eigenvalue weighted by atomic mass is 10.1. The lowest BCUT2D eigenvalue weighted by Crippen LogP contribution is -2.07. The van der Waals surface area contributed by atoms with Crippen LogP contribution in [0.3, 0.4) is 0 Å². The van der Waals surface area contributed by atoms with Gasteiger partial charge in [0, 0.05) is 6.54 Å². The smallest absolute Gasteiger partial charge is 0.0725 e.